The van der Waals surface area contributed by atoms with Crippen molar-refractivity contribution in [1.29, 1.82) is 0 Å². The van der Waals surface area contributed by atoms with Gasteiger partial charge >= 0.3 is 0 Å². The third kappa shape index (κ3) is 0.701. The Morgan fingerprint density at radius 1 is 1.33 bits per heavy atom. The third-order valence-electron chi connectivity index (χ3n) is 4.26. The van der Waals surface area contributed by atoms with Crippen LogP contribution in [0.2, 0.25) is 0 Å². The summed E-state index contributed by atoms with van der Waals surface area (Å²) >= 11 is 0. The zero-order valence-corrected chi connectivity index (χ0v) is 7.80. The van der Waals surface area contributed by atoms with Crippen LogP contribution >= 0.6 is 0 Å². The molecule has 0 spiro atoms. The van der Waals surface area contributed by atoms with E-state index in [2.05, 4.69) is 33.1 Å². The van der Waals surface area contributed by atoms with Crippen molar-refractivity contribution in [2.24, 2.45) is 17.3 Å². The largest absolute Gasteiger partial charge is 0.0594 e. The van der Waals surface area contributed by atoms with Gasteiger partial charge in [-0.25, -0.2) is 0 Å². The Kier molecular flexibility index (Phi) is 1.28. The summed E-state index contributed by atoms with van der Waals surface area (Å²) in [6, 6.07) is 0. The third-order valence-corrected chi connectivity index (χ3v) is 4.26. The molecule has 0 heteroatoms. The number of hydrogen-bond donors (Lipinski definition) is 0. The second-order valence-electron chi connectivity index (χ2n) is 5.02. The molecule has 0 aliphatic heterocycles. The van der Waals surface area contributed by atoms with E-state index in [4.69, 9.17) is 0 Å². The minimum absolute atomic E-state index is 0.599. The average molecular weight is 159 g/mol. The second-order valence-corrected chi connectivity index (χ2v) is 5.02. The fourth-order valence-electron chi connectivity index (χ4n) is 3.15. The molecule has 12 heavy (non-hydrogen) atoms. The summed E-state index contributed by atoms with van der Waals surface area (Å²) in [6.45, 7) is 4.86. The summed E-state index contributed by atoms with van der Waals surface area (Å²) in [7, 11) is 0. The first-order chi connectivity index (χ1) is 5.69. The number of rotatable bonds is 0. The molecule has 4 aliphatic rings. The lowest BCUT2D eigenvalue weighted by molar-refractivity contribution is -0.0317. The van der Waals surface area contributed by atoms with Crippen molar-refractivity contribution in [2.75, 3.05) is 0 Å². The van der Waals surface area contributed by atoms with Crippen LogP contribution in [0.4, 0.5) is 0 Å². The van der Waals surface area contributed by atoms with E-state index >= 15 is 0 Å². The lowest BCUT2D eigenvalue weighted by Gasteiger charge is -2.61. The maximum Gasteiger partial charge on any atom is -0.00969 e. The van der Waals surface area contributed by atoms with E-state index in [0.29, 0.717) is 5.41 Å². The van der Waals surface area contributed by atoms with Crippen LogP contribution in [-0.4, -0.2) is 0 Å². The highest BCUT2D eigenvalue weighted by Gasteiger charge is 2.58. The van der Waals surface area contributed by atoms with Crippen LogP contribution < -0.4 is 0 Å². The topological polar surface area (TPSA) is 0 Å². The Morgan fingerprint density at radius 2 is 2.17 bits per heavy atom. The molecule has 0 aromatic carbocycles. The molecular formula is C12H15. The minimum atomic E-state index is 0.599. The van der Waals surface area contributed by atoms with Gasteiger partial charge in [-0.05, 0) is 61.2 Å². The van der Waals surface area contributed by atoms with Gasteiger partial charge in [0.25, 0.3) is 0 Å². The molecule has 63 valence electrons. The quantitative estimate of drug-likeness (QED) is 0.510. The summed E-state index contributed by atoms with van der Waals surface area (Å²) in [6.07, 6.45) is 9.65. The van der Waals surface area contributed by atoms with Gasteiger partial charge in [0.15, 0.2) is 0 Å². The highest BCUT2D eigenvalue weighted by Crippen LogP contribution is 2.67. The van der Waals surface area contributed by atoms with Crippen LogP contribution in [0.5, 0.6) is 0 Å². The zero-order valence-electron chi connectivity index (χ0n) is 7.80. The first-order valence-corrected chi connectivity index (χ1v) is 4.94. The van der Waals surface area contributed by atoms with Crippen LogP contribution in [0.15, 0.2) is 0 Å². The second kappa shape index (κ2) is 2.08. The molecule has 0 heterocycles. The standard InChI is InChI=1S/C12H15/c1-12(2)9-6-8-4-3-5-10(8)11(12)7-9/h3-5,9,11H,6-7H2,1-2H3/t9-,11-/m1/s1. The molecule has 4 saturated carbocycles. The van der Waals surface area contributed by atoms with E-state index in [9.17, 15) is 0 Å². The average Bonchev–Trinajstić information content (AvgIpc) is 2.49. The summed E-state index contributed by atoms with van der Waals surface area (Å²) in [5.41, 5.74) is 0.599. The normalized spacial score (nSPS) is 45.5. The molecule has 0 nitrogen and oxygen atoms in total. The Hall–Kier alpha value is 0. The highest BCUT2D eigenvalue weighted by molar-refractivity contribution is 5.50. The molecule has 4 fully saturated rings. The van der Waals surface area contributed by atoms with Crippen LogP contribution in [0.3, 0.4) is 0 Å². The maximum absolute atomic E-state index is 2.43. The van der Waals surface area contributed by atoms with E-state index in [1.807, 2.05) is 0 Å². The summed E-state index contributed by atoms with van der Waals surface area (Å²) in [5, 5.41) is 0. The van der Waals surface area contributed by atoms with Crippen molar-refractivity contribution in [3.05, 3.63) is 31.1 Å². The zero-order chi connectivity index (χ0) is 8.34. The van der Waals surface area contributed by atoms with Crippen molar-refractivity contribution < 1.29 is 0 Å². The molecule has 0 aromatic rings. The first-order valence-electron chi connectivity index (χ1n) is 4.94. The monoisotopic (exact) mass is 159 g/mol. The van der Waals surface area contributed by atoms with Crippen LogP contribution in [0, 0.1) is 48.3 Å². The Morgan fingerprint density at radius 3 is 2.92 bits per heavy atom. The van der Waals surface area contributed by atoms with E-state index in [-0.39, 0.29) is 0 Å². The Balaban J connectivity index is 1.88. The smallest absolute Gasteiger partial charge is 0.00969 e. The van der Waals surface area contributed by atoms with Gasteiger partial charge < -0.3 is 0 Å². The number of hydrogen-bond acceptors (Lipinski definition) is 0. The van der Waals surface area contributed by atoms with Gasteiger partial charge in [-0.3, -0.25) is 0 Å². The summed E-state index contributed by atoms with van der Waals surface area (Å²) in [5.74, 6) is 5.14. The lowest BCUT2D eigenvalue weighted by Crippen LogP contribution is -2.53. The van der Waals surface area contributed by atoms with Gasteiger partial charge in [-0.1, -0.05) is 13.8 Å². The van der Waals surface area contributed by atoms with E-state index in [1.54, 1.807) is 11.8 Å². The molecule has 0 saturated heterocycles. The molecule has 2 bridgehead atoms. The van der Waals surface area contributed by atoms with Crippen molar-refractivity contribution in [1.82, 2.24) is 0 Å². The van der Waals surface area contributed by atoms with Crippen LogP contribution in [-0.2, 0) is 0 Å². The van der Waals surface area contributed by atoms with E-state index < -0.39 is 0 Å². The minimum Gasteiger partial charge on any atom is -0.0594 e. The van der Waals surface area contributed by atoms with Gasteiger partial charge in [0, 0.05) is 0 Å². The Bertz CT molecular complexity index is 204. The van der Waals surface area contributed by atoms with Crippen LogP contribution in [0.25, 0.3) is 0 Å². The fraction of sp³-hybridized carbons (Fsp3) is 0.583. The fourth-order valence-corrected chi connectivity index (χ4v) is 3.15. The van der Waals surface area contributed by atoms with Crippen molar-refractivity contribution >= 4 is 0 Å². The predicted molar refractivity (Wildman–Crippen MR) is 49.4 cm³/mol. The van der Waals surface area contributed by atoms with Crippen LogP contribution in [0.1, 0.15) is 26.7 Å². The van der Waals surface area contributed by atoms with Crippen molar-refractivity contribution in [3.8, 4) is 0 Å². The van der Waals surface area contributed by atoms with Gasteiger partial charge in [-0.15, -0.1) is 0 Å². The predicted octanol–water partition coefficient (Wildman–Crippen LogP) is 2.83. The SMILES string of the molecule is CC1(C)[C@@H]2C[C]3[CH][CH][CH][C]3[C@H]1C2. The summed E-state index contributed by atoms with van der Waals surface area (Å²) < 4.78 is 0. The molecule has 0 aromatic heterocycles. The van der Waals surface area contributed by atoms with E-state index in [1.165, 1.54) is 12.8 Å². The van der Waals surface area contributed by atoms with Gasteiger partial charge in [-0.2, -0.15) is 0 Å². The van der Waals surface area contributed by atoms with Gasteiger partial charge in [0.1, 0.15) is 0 Å². The molecule has 5 radical (unpaired) electrons. The van der Waals surface area contributed by atoms with Gasteiger partial charge in [0.05, 0.1) is 0 Å². The lowest BCUT2D eigenvalue weighted by atomic mass is 9.44. The molecule has 4 rings (SSSR count). The van der Waals surface area contributed by atoms with Crippen molar-refractivity contribution in [3.63, 3.8) is 0 Å². The first kappa shape index (κ1) is 7.41. The molecule has 4 aliphatic carbocycles. The molecule has 0 N–H and O–H groups in total. The van der Waals surface area contributed by atoms with Gasteiger partial charge in [0.2, 0.25) is 0 Å². The highest BCUT2D eigenvalue weighted by atomic mass is 14.6. The maximum atomic E-state index is 2.43. The molecule has 2 atom stereocenters. The Labute approximate surface area is 75.7 Å². The van der Waals surface area contributed by atoms with E-state index in [0.717, 1.165) is 11.8 Å². The molecule has 0 unspecified atom stereocenters. The molecule has 0 amide bonds. The van der Waals surface area contributed by atoms with Crippen molar-refractivity contribution in [2.45, 2.75) is 26.7 Å². The molecular weight excluding hydrogens is 144 g/mol. The summed E-state index contributed by atoms with van der Waals surface area (Å²) in [4.78, 5) is 0.